The van der Waals surface area contributed by atoms with Crippen LogP contribution in [0.5, 0.6) is 0 Å². The quantitative estimate of drug-likeness (QED) is 0.728. The van der Waals surface area contributed by atoms with Crippen LogP contribution in [0.4, 0.5) is 0 Å². The molecule has 1 aliphatic heterocycles. The van der Waals surface area contributed by atoms with Gasteiger partial charge >= 0.3 is 5.69 Å². The largest absolute Gasteiger partial charge is 0.336 e. The summed E-state index contributed by atoms with van der Waals surface area (Å²) in [5, 5.41) is 3.51. The normalized spacial score (nSPS) is 15.2. The number of carbonyl (C=O) groups is 1. The zero-order valence-corrected chi connectivity index (χ0v) is 13.4. The third-order valence-electron chi connectivity index (χ3n) is 4.36. The van der Waals surface area contributed by atoms with Crippen LogP contribution in [0.3, 0.4) is 0 Å². The van der Waals surface area contributed by atoms with Gasteiger partial charge in [0.05, 0.1) is 10.9 Å². The number of nitrogens with zero attached hydrogens (tertiary/aromatic N) is 4. The van der Waals surface area contributed by atoms with Gasteiger partial charge in [-0.2, -0.15) is 0 Å². The van der Waals surface area contributed by atoms with Crippen molar-refractivity contribution in [2.45, 2.75) is 6.92 Å². The van der Waals surface area contributed by atoms with Crippen molar-refractivity contribution in [3.05, 3.63) is 38.2 Å². The third kappa shape index (κ3) is 2.35. The van der Waals surface area contributed by atoms with E-state index in [1.807, 2.05) is 0 Å². The molecule has 1 aliphatic rings. The Bertz CT molecular complexity index is 906. The molecule has 3 heterocycles. The van der Waals surface area contributed by atoms with Gasteiger partial charge in [0, 0.05) is 46.5 Å². The van der Waals surface area contributed by atoms with Crippen LogP contribution in [0.25, 0.3) is 11.0 Å². The highest BCUT2D eigenvalue weighted by Gasteiger charge is 2.23. The number of pyridine rings is 1. The van der Waals surface area contributed by atoms with Crippen LogP contribution in [0.15, 0.2) is 15.8 Å². The molecule has 0 radical (unpaired) electrons. The highest BCUT2D eigenvalue weighted by atomic mass is 16.2. The van der Waals surface area contributed by atoms with E-state index in [0.29, 0.717) is 35.2 Å². The van der Waals surface area contributed by atoms with Crippen molar-refractivity contribution in [2.24, 2.45) is 14.1 Å². The van der Waals surface area contributed by atoms with Gasteiger partial charge in [-0.15, -0.1) is 0 Å². The summed E-state index contributed by atoms with van der Waals surface area (Å²) in [6, 6.07) is 0. The number of hydrogen-bond acceptors (Lipinski definition) is 5. The van der Waals surface area contributed by atoms with Gasteiger partial charge < -0.3 is 10.2 Å². The van der Waals surface area contributed by atoms with Crippen LogP contribution in [-0.4, -0.2) is 51.1 Å². The zero-order valence-electron chi connectivity index (χ0n) is 13.4. The lowest BCUT2D eigenvalue weighted by molar-refractivity contribution is 0.0735. The van der Waals surface area contributed by atoms with Gasteiger partial charge in [0.1, 0.15) is 5.65 Å². The summed E-state index contributed by atoms with van der Waals surface area (Å²) >= 11 is 0. The molecule has 8 nitrogen and oxygen atoms in total. The van der Waals surface area contributed by atoms with E-state index in [1.54, 1.807) is 18.9 Å². The van der Waals surface area contributed by atoms with Crippen LogP contribution in [0.1, 0.15) is 15.9 Å². The van der Waals surface area contributed by atoms with Crippen LogP contribution >= 0.6 is 0 Å². The van der Waals surface area contributed by atoms with Crippen molar-refractivity contribution in [3.63, 3.8) is 0 Å². The molecule has 2 aromatic heterocycles. The molecule has 3 rings (SSSR count). The fourth-order valence-corrected chi connectivity index (χ4v) is 2.92. The van der Waals surface area contributed by atoms with Crippen molar-refractivity contribution in [2.75, 3.05) is 26.2 Å². The van der Waals surface area contributed by atoms with Gasteiger partial charge in [-0.05, 0) is 12.5 Å². The van der Waals surface area contributed by atoms with Crippen LogP contribution in [-0.2, 0) is 14.1 Å². The molecule has 0 spiro atoms. The van der Waals surface area contributed by atoms with E-state index in [2.05, 4.69) is 10.3 Å². The Morgan fingerprint density at radius 1 is 1.17 bits per heavy atom. The number of carbonyl (C=O) groups excluding carboxylic acids is 1. The maximum absolute atomic E-state index is 12.7. The number of fused-ring (bicyclic) bond motifs is 1. The SMILES string of the molecule is Cc1c(C(=O)N2CCNCC2)cnc2c1c(=O)n(C)c(=O)n2C. The summed E-state index contributed by atoms with van der Waals surface area (Å²) in [7, 11) is 2.99. The maximum atomic E-state index is 12.7. The fraction of sp³-hybridized carbons (Fsp3) is 0.467. The van der Waals surface area contributed by atoms with Crippen molar-refractivity contribution in [1.29, 1.82) is 0 Å². The van der Waals surface area contributed by atoms with E-state index >= 15 is 0 Å². The van der Waals surface area contributed by atoms with Gasteiger partial charge in [-0.25, -0.2) is 9.78 Å². The second-order valence-corrected chi connectivity index (χ2v) is 5.74. The molecule has 122 valence electrons. The van der Waals surface area contributed by atoms with Crippen molar-refractivity contribution in [1.82, 2.24) is 24.3 Å². The number of rotatable bonds is 1. The Balaban J connectivity index is 2.21. The molecular weight excluding hydrogens is 298 g/mol. The molecule has 1 saturated heterocycles. The van der Waals surface area contributed by atoms with E-state index in [9.17, 15) is 14.4 Å². The number of amides is 1. The molecule has 0 aliphatic carbocycles. The minimum atomic E-state index is -0.435. The van der Waals surface area contributed by atoms with Crippen LogP contribution in [0.2, 0.25) is 0 Å². The molecule has 0 unspecified atom stereocenters. The lowest BCUT2D eigenvalue weighted by Crippen LogP contribution is -2.46. The molecule has 23 heavy (non-hydrogen) atoms. The summed E-state index contributed by atoms with van der Waals surface area (Å²) < 4.78 is 2.36. The predicted octanol–water partition coefficient (Wildman–Crippen LogP) is -1.01. The third-order valence-corrected chi connectivity index (χ3v) is 4.36. The molecule has 1 fully saturated rings. The minimum Gasteiger partial charge on any atom is -0.336 e. The molecule has 1 amide bonds. The van der Waals surface area contributed by atoms with Gasteiger partial charge in [0.2, 0.25) is 0 Å². The second-order valence-electron chi connectivity index (χ2n) is 5.74. The number of aryl methyl sites for hydroxylation is 2. The second kappa shape index (κ2) is 5.62. The van der Waals surface area contributed by atoms with E-state index in [-0.39, 0.29) is 5.91 Å². The first-order valence-corrected chi connectivity index (χ1v) is 7.48. The number of hydrogen-bond donors (Lipinski definition) is 1. The highest BCUT2D eigenvalue weighted by Crippen LogP contribution is 2.17. The fourth-order valence-electron chi connectivity index (χ4n) is 2.92. The van der Waals surface area contributed by atoms with E-state index in [4.69, 9.17) is 0 Å². The van der Waals surface area contributed by atoms with Crippen LogP contribution < -0.4 is 16.6 Å². The highest BCUT2D eigenvalue weighted by molar-refractivity contribution is 5.99. The molecular formula is C15H19N5O3. The van der Waals surface area contributed by atoms with Gasteiger partial charge in [0.25, 0.3) is 11.5 Å². The summed E-state index contributed by atoms with van der Waals surface area (Å²) in [4.78, 5) is 43.1. The maximum Gasteiger partial charge on any atom is 0.332 e. The monoisotopic (exact) mass is 317 g/mol. The predicted molar refractivity (Wildman–Crippen MR) is 85.7 cm³/mol. The Labute approximate surface area is 132 Å². The summed E-state index contributed by atoms with van der Waals surface area (Å²) in [5.41, 5.74) is 0.413. The van der Waals surface area contributed by atoms with E-state index in [0.717, 1.165) is 17.7 Å². The molecule has 0 saturated carbocycles. The Morgan fingerprint density at radius 3 is 2.48 bits per heavy atom. The van der Waals surface area contributed by atoms with Crippen molar-refractivity contribution in [3.8, 4) is 0 Å². The smallest absolute Gasteiger partial charge is 0.332 e. The summed E-state index contributed by atoms with van der Waals surface area (Å²) in [6.07, 6.45) is 1.46. The van der Waals surface area contributed by atoms with E-state index in [1.165, 1.54) is 17.8 Å². The molecule has 0 bridgehead atoms. The van der Waals surface area contributed by atoms with Crippen molar-refractivity contribution >= 4 is 16.9 Å². The minimum absolute atomic E-state index is 0.130. The van der Waals surface area contributed by atoms with Gasteiger partial charge in [-0.3, -0.25) is 18.7 Å². The van der Waals surface area contributed by atoms with Gasteiger partial charge in [-0.1, -0.05) is 0 Å². The summed E-state index contributed by atoms with van der Waals surface area (Å²) in [6.45, 7) is 4.48. The summed E-state index contributed by atoms with van der Waals surface area (Å²) in [5.74, 6) is -0.130. The topological polar surface area (TPSA) is 89.2 Å². The molecule has 0 aromatic carbocycles. The Morgan fingerprint density at radius 2 is 1.83 bits per heavy atom. The first-order valence-electron chi connectivity index (χ1n) is 7.48. The number of aromatic nitrogens is 3. The Hall–Kier alpha value is -2.48. The molecule has 1 N–H and O–H groups in total. The molecule has 0 atom stereocenters. The lowest BCUT2D eigenvalue weighted by Gasteiger charge is -2.28. The van der Waals surface area contributed by atoms with Crippen molar-refractivity contribution < 1.29 is 4.79 Å². The van der Waals surface area contributed by atoms with E-state index < -0.39 is 11.2 Å². The van der Waals surface area contributed by atoms with Crippen LogP contribution in [0, 0.1) is 6.92 Å². The first kappa shape index (κ1) is 15.4. The Kier molecular flexibility index (Phi) is 3.77. The average Bonchev–Trinajstić information content (AvgIpc) is 2.58. The number of nitrogens with one attached hydrogen (secondary N) is 1. The van der Waals surface area contributed by atoms with Gasteiger partial charge in [0.15, 0.2) is 0 Å². The molecule has 8 heteroatoms. The molecule has 2 aromatic rings. The standard InChI is InChI=1S/C15H19N5O3/c1-9-10(13(21)20-6-4-16-5-7-20)8-17-12-11(9)14(22)19(3)15(23)18(12)2/h8,16H,4-7H2,1-3H3. The average molecular weight is 317 g/mol. The first-order chi connectivity index (χ1) is 10.9. The zero-order chi connectivity index (χ0) is 16.7. The number of piperazine rings is 1. The lowest BCUT2D eigenvalue weighted by atomic mass is 10.1.